The zero-order valence-corrected chi connectivity index (χ0v) is 8.74. The van der Waals surface area contributed by atoms with Crippen LogP contribution in [0.4, 0.5) is 0 Å². The van der Waals surface area contributed by atoms with E-state index >= 15 is 0 Å². The number of hydrogen-bond acceptors (Lipinski definition) is 3. The largest absolute Gasteiger partial charge is 0.330 e. The molecule has 0 amide bonds. The second-order valence-electron chi connectivity index (χ2n) is 3.59. The van der Waals surface area contributed by atoms with Crippen molar-refractivity contribution in [1.82, 2.24) is 4.98 Å². The van der Waals surface area contributed by atoms with Crippen molar-refractivity contribution in [3.05, 3.63) is 29.6 Å². The van der Waals surface area contributed by atoms with Gasteiger partial charge in [0.05, 0.1) is 5.69 Å². The van der Waals surface area contributed by atoms with Crippen LogP contribution >= 0.6 is 0 Å². The van der Waals surface area contributed by atoms with E-state index in [2.05, 4.69) is 4.98 Å². The molecule has 0 radical (unpaired) electrons. The van der Waals surface area contributed by atoms with Crippen molar-refractivity contribution in [2.24, 2.45) is 11.5 Å². The van der Waals surface area contributed by atoms with Gasteiger partial charge in [-0.3, -0.25) is 4.98 Å². The van der Waals surface area contributed by atoms with Gasteiger partial charge >= 0.3 is 0 Å². The van der Waals surface area contributed by atoms with Crippen LogP contribution in [-0.2, 0) is 0 Å². The normalized spacial score (nSPS) is 12.8. The van der Waals surface area contributed by atoms with E-state index in [1.165, 1.54) is 0 Å². The second kappa shape index (κ2) is 5.73. The molecule has 0 saturated carbocycles. The van der Waals surface area contributed by atoms with Gasteiger partial charge in [0.2, 0.25) is 0 Å². The average molecular weight is 193 g/mol. The van der Waals surface area contributed by atoms with E-state index in [0.717, 1.165) is 37.2 Å². The highest BCUT2D eigenvalue weighted by molar-refractivity contribution is 5.12. The van der Waals surface area contributed by atoms with E-state index in [1.807, 2.05) is 25.1 Å². The van der Waals surface area contributed by atoms with E-state index in [9.17, 15) is 0 Å². The number of unbranched alkanes of at least 4 members (excludes halogenated alkanes) is 1. The molecule has 0 aliphatic carbocycles. The molecule has 0 aliphatic rings. The Labute approximate surface area is 85.5 Å². The first-order valence-electron chi connectivity index (χ1n) is 5.13. The van der Waals surface area contributed by atoms with Crippen molar-refractivity contribution >= 4 is 0 Å². The predicted molar refractivity (Wildman–Crippen MR) is 58.8 cm³/mol. The highest BCUT2D eigenvalue weighted by Crippen LogP contribution is 2.14. The summed E-state index contributed by atoms with van der Waals surface area (Å²) in [5.74, 6) is 0. The van der Waals surface area contributed by atoms with Crippen molar-refractivity contribution in [2.45, 2.75) is 32.2 Å². The van der Waals surface area contributed by atoms with Crippen LogP contribution in [0, 0.1) is 6.92 Å². The number of nitrogens with zero attached hydrogens (tertiary/aromatic N) is 1. The third kappa shape index (κ3) is 3.44. The molecule has 3 nitrogen and oxygen atoms in total. The highest BCUT2D eigenvalue weighted by Gasteiger charge is 2.06. The van der Waals surface area contributed by atoms with E-state index in [4.69, 9.17) is 11.5 Å². The van der Waals surface area contributed by atoms with Gasteiger partial charge in [-0.15, -0.1) is 0 Å². The maximum absolute atomic E-state index is 6.00. The minimum atomic E-state index is 0.0569. The summed E-state index contributed by atoms with van der Waals surface area (Å²) in [5.41, 5.74) is 13.4. The topological polar surface area (TPSA) is 64.9 Å². The molecule has 0 aromatic carbocycles. The van der Waals surface area contributed by atoms with Crippen LogP contribution in [0.1, 0.15) is 36.7 Å². The molecule has 78 valence electrons. The zero-order valence-electron chi connectivity index (χ0n) is 8.74. The Morgan fingerprint density at radius 1 is 1.36 bits per heavy atom. The van der Waals surface area contributed by atoms with Crippen molar-refractivity contribution in [3.8, 4) is 0 Å². The maximum Gasteiger partial charge on any atom is 0.0574 e. The van der Waals surface area contributed by atoms with Gasteiger partial charge in [0.1, 0.15) is 0 Å². The molecule has 0 saturated heterocycles. The predicted octanol–water partition coefficient (Wildman–Crippen LogP) is 1.52. The molecule has 0 aliphatic heterocycles. The average Bonchev–Trinajstić information content (AvgIpc) is 2.18. The second-order valence-corrected chi connectivity index (χ2v) is 3.59. The quantitative estimate of drug-likeness (QED) is 0.697. The molecular weight excluding hydrogens is 174 g/mol. The summed E-state index contributed by atoms with van der Waals surface area (Å²) in [6.07, 6.45) is 3.08. The lowest BCUT2D eigenvalue weighted by atomic mass is 10.1. The SMILES string of the molecule is Cc1cccc([C@@H](N)CCCCN)n1. The third-order valence-corrected chi connectivity index (χ3v) is 2.26. The fourth-order valence-corrected chi connectivity index (χ4v) is 1.43. The maximum atomic E-state index is 6.00. The minimum Gasteiger partial charge on any atom is -0.330 e. The van der Waals surface area contributed by atoms with Crippen molar-refractivity contribution in [3.63, 3.8) is 0 Å². The smallest absolute Gasteiger partial charge is 0.0574 e. The fraction of sp³-hybridized carbons (Fsp3) is 0.545. The van der Waals surface area contributed by atoms with Gasteiger partial charge in [0.15, 0.2) is 0 Å². The summed E-state index contributed by atoms with van der Waals surface area (Å²) in [5, 5.41) is 0. The number of pyridine rings is 1. The van der Waals surface area contributed by atoms with Crippen LogP contribution in [0.3, 0.4) is 0 Å². The third-order valence-electron chi connectivity index (χ3n) is 2.26. The number of rotatable bonds is 5. The Morgan fingerprint density at radius 2 is 2.14 bits per heavy atom. The Balaban J connectivity index is 2.47. The van der Waals surface area contributed by atoms with Gasteiger partial charge in [-0.25, -0.2) is 0 Å². The number of hydrogen-bond donors (Lipinski definition) is 2. The van der Waals surface area contributed by atoms with Gasteiger partial charge in [-0.05, 0) is 38.4 Å². The lowest BCUT2D eigenvalue weighted by Gasteiger charge is -2.10. The van der Waals surface area contributed by atoms with Crippen molar-refractivity contribution in [2.75, 3.05) is 6.54 Å². The Kier molecular flexibility index (Phi) is 4.56. The highest BCUT2D eigenvalue weighted by atomic mass is 14.8. The van der Waals surface area contributed by atoms with Crippen LogP contribution in [0.15, 0.2) is 18.2 Å². The van der Waals surface area contributed by atoms with Gasteiger partial charge in [-0.2, -0.15) is 0 Å². The molecule has 0 bridgehead atoms. The molecule has 1 aromatic rings. The molecule has 1 heterocycles. The molecule has 0 spiro atoms. The van der Waals surface area contributed by atoms with Gasteiger partial charge in [-0.1, -0.05) is 12.5 Å². The first-order valence-corrected chi connectivity index (χ1v) is 5.13. The Hall–Kier alpha value is -0.930. The summed E-state index contributed by atoms with van der Waals surface area (Å²) >= 11 is 0. The molecule has 1 rings (SSSR count). The summed E-state index contributed by atoms with van der Waals surface area (Å²) in [6, 6.07) is 6.03. The number of aromatic nitrogens is 1. The monoisotopic (exact) mass is 193 g/mol. The van der Waals surface area contributed by atoms with Gasteiger partial charge < -0.3 is 11.5 Å². The van der Waals surface area contributed by atoms with Crippen LogP contribution in [0.5, 0.6) is 0 Å². The Bertz CT molecular complexity index is 273. The fourth-order valence-electron chi connectivity index (χ4n) is 1.43. The molecule has 0 unspecified atom stereocenters. The summed E-state index contributed by atoms with van der Waals surface area (Å²) in [6.45, 7) is 2.73. The first-order chi connectivity index (χ1) is 6.74. The van der Waals surface area contributed by atoms with Crippen molar-refractivity contribution < 1.29 is 0 Å². The lowest BCUT2D eigenvalue weighted by molar-refractivity contribution is 0.578. The van der Waals surface area contributed by atoms with Gasteiger partial charge in [0, 0.05) is 11.7 Å². The molecule has 14 heavy (non-hydrogen) atoms. The molecule has 3 heteroatoms. The molecular formula is C11H19N3. The lowest BCUT2D eigenvalue weighted by Crippen LogP contribution is -2.13. The van der Waals surface area contributed by atoms with E-state index in [0.29, 0.717) is 0 Å². The number of nitrogens with two attached hydrogens (primary N) is 2. The minimum absolute atomic E-state index is 0.0569. The van der Waals surface area contributed by atoms with E-state index < -0.39 is 0 Å². The first kappa shape index (κ1) is 11.1. The van der Waals surface area contributed by atoms with Crippen LogP contribution in [-0.4, -0.2) is 11.5 Å². The number of aryl methyl sites for hydroxylation is 1. The van der Waals surface area contributed by atoms with E-state index in [-0.39, 0.29) is 6.04 Å². The Morgan fingerprint density at radius 3 is 2.79 bits per heavy atom. The molecule has 1 atom stereocenters. The molecule has 1 aromatic heterocycles. The zero-order chi connectivity index (χ0) is 10.4. The van der Waals surface area contributed by atoms with Crippen LogP contribution in [0.2, 0.25) is 0 Å². The standard InChI is InChI=1S/C11H19N3/c1-9-5-4-7-11(14-9)10(13)6-2-3-8-12/h4-5,7,10H,2-3,6,8,12-13H2,1H3/t10-/m0/s1. The molecule has 0 fully saturated rings. The summed E-state index contributed by atoms with van der Waals surface area (Å²) < 4.78 is 0. The van der Waals surface area contributed by atoms with Gasteiger partial charge in [0.25, 0.3) is 0 Å². The van der Waals surface area contributed by atoms with Crippen LogP contribution < -0.4 is 11.5 Å². The summed E-state index contributed by atoms with van der Waals surface area (Å²) in [4.78, 5) is 4.40. The van der Waals surface area contributed by atoms with E-state index in [1.54, 1.807) is 0 Å². The van der Waals surface area contributed by atoms with Crippen LogP contribution in [0.25, 0.3) is 0 Å². The molecule has 4 N–H and O–H groups in total. The van der Waals surface area contributed by atoms with Crippen molar-refractivity contribution in [1.29, 1.82) is 0 Å². The summed E-state index contributed by atoms with van der Waals surface area (Å²) in [7, 11) is 0.